The largest absolute Gasteiger partial charge is 0.396 e. The smallest absolute Gasteiger partial charge is 0.251 e. The number of amides is 3. The van der Waals surface area contributed by atoms with Gasteiger partial charge < -0.3 is 19.8 Å². The Bertz CT molecular complexity index is 1330. The van der Waals surface area contributed by atoms with Crippen LogP contribution in [0.25, 0.3) is 10.8 Å². The van der Waals surface area contributed by atoms with E-state index < -0.39 is 27.4 Å². The molecule has 2 aromatic rings. The second-order valence-corrected chi connectivity index (χ2v) is 13.0. The van der Waals surface area contributed by atoms with Crippen molar-refractivity contribution in [1.82, 2.24) is 9.80 Å². The van der Waals surface area contributed by atoms with Gasteiger partial charge in [-0.15, -0.1) is 24.9 Å². The van der Waals surface area contributed by atoms with Gasteiger partial charge in [-0.05, 0) is 49.1 Å². The summed E-state index contributed by atoms with van der Waals surface area (Å²) < 4.78 is -1.13. The van der Waals surface area contributed by atoms with Gasteiger partial charge in [0.15, 0.2) is 0 Å². The molecule has 3 fully saturated rings. The number of carbonyl (C=O) groups excluding carboxylic acids is 3. The van der Waals surface area contributed by atoms with Gasteiger partial charge in [0.1, 0.15) is 6.04 Å². The minimum absolute atomic E-state index is 0.0718. The van der Waals surface area contributed by atoms with Crippen molar-refractivity contribution in [2.45, 2.75) is 41.7 Å². The fourth-order valence-electron chi connectivity index (χ4n) is 7.03. The number of fused-ring (bicyclic) bond motifs is 2. The lowest BCUT2D eigenvalue weighted by Gasteiger charge is -2.37. The van der Waals surface area contributed by atoms with Crippen LogP contribution < -0.4 is 4.90 Å². The minimum Gasteiger partial charge on any atom is -0.396 e. The summed E-state index contributed by atoms with van der Waals surface area (Å²) in [6, 6.07) is 13.2. The summed E-state index contributed by atoms with van der Waals surface area (Å²) in [6.45, 7) is 10.6. The number of benzene rings is 2. The highest BCUT2D eigenvalue weighted by Gasteiger charge is 2.77. The summed E-state index contributed by atoms with van der Waals surface area (Å²) >= 11 is 1.66. The van der Waals surface area contributed by atoms with Crippen molar-refractivity contribution in [2.24, 2.45) is 11.8 Å². The van der Waals surface area contributed by atoms with Crippen LogP contribution in [0.3, 0.4) is 0 Å². The Morgan fingerprint density at radius 1 is 1.10 bits per heavy atom. The van der Waals surface area contributed by atoms with Crippen LogP contribution in [0.2, 0.25) is 0 Å². The standard InChI is InChI=1S/C31H37N3O4S/c1-5-16-32(4)27(36)24-25-28(37)34(18-9-19-35)26(31(25)15-14-30(24,3)39-31)29(38)33(17-6-2)23-13-12-21-10-7-8-11-22(21)20-23/h5-8,10-13,20,24-26,35H,1-2,9,14-19H2,3-4H3/t24-,25-,26?,30+,31?/m0/s1. The van der Waals surface area contributed by atoms with Gasteiger partial charge in [-0.3, -0.25) is 14.4 Å². The number of aliphatic hydroxyl groups is 1. The van der Waals surface area contributed by atoms with Crippen LogP contribution in [0.1, 0.15) is 26.2 Å². The maximum absolute atomic E-state index is 14.6. The minimum atomic E-state index is -0.734. The molecule has 1 spiro atoms. The summed E-state index contributed by atoms with van der Waals surface area (Å²) in [5.41, 5.74) is 0.745. The molecule has 2 bridgehead atoms. The van der Waals surface area contributed by atoms with Crippen LogP contribution in [0.4, 0.5) is 5.69 Å². The second kappa shape index (κ2) is 10.5. The molecule has 0 aromatic heterocycles. The molecule has 0 radical (unpaired) electrons. The predicted molar refractivity (Wildman–Crippen MR) is 156 cm³/mol. The Labute approximate surface area is 234 Å². The summed E-state index contributed by atoms with van der Waals surface area (Å²) in [6.07, 6.45) is 5.20. The first-order valence-corrected chi connectivity index (χ1v) is 14.4. The van der Waals surface area contributed by atoms with E-state index in [1.54, 1.807) is 45.7 Å². The van der Waals surface area contributed by atoms with Crippen LogP contribution in [0.15, 0.2) is 67.8 Å². The normalized spacial score (nSPS) is 28.9. The van der Waals surface area contributed by atoms with E-state index in [1.807, 2.05) is 42.5 Å². The fraction of sp³-hybridized carbons (Fsp3) is 0.452. The molecule has 1 N–H and O–H groups in total. The maximum atomic E-state index is 14.6. The van der Waals surface area contributed by atoms with E-state index in [2.05, 4.69) is 20.1 Å². The third-order valence-corrected chi connectivity index (χ3v) is 10.7. The number of thioether (sulfide) groups is 1. The molecule has 2 unspecified atom stereocenters. The van der Waals surface area contributed by atoms with Gasteiger partial charge in [-0.2, -0.15) is 0 Å². The zero-order valence-corrected chi connectivity index (χ0v) is 23.5. The number of rotatable bonds is 10. The molecule has 2 aromatic carbocycles. The second-order valence-electron chi connectivity index (χ2n) is 11.1. The van der Waals surface area contributed by atoms with Gasteiger partial charge in [-0.1, -0.05) is 42.5 Å². The zero-order chi connectivity index (χ0) is 27.9. The van der Waals surface area contributed by atoms with Gasteiger partial charge in [-0.25, -0.2) is 0 Å². The average molecular weight is 548 g/mol. The summed E-state index contributed by atoms with van der Waals surface area (Å²) in [7, 11) is 1.74. The van der Waals surface area contributed by atoms with Gasteiger partial charge in [0.05, 0.1) is 16.6 Å². The number of nitrogens with zero attached hydrogens (tertiary/aromatic N) is 3. The Morgan fingerprint density at radius 2 is 1.82 bits per heavy atom. The van der Waals surface area contributed by atoms with E-state index in [0.29, 0.717) is 25.9 Å². The maximum Gasteiger partial charge on any atom is 0.251 e. The summed E-state index contributed by atoms with van der Waals surface area (Å²) in [5.74, 6) is -1.49. The van der Waals surface area contributed by atoms with Crippen molar-refractivity contribution in [3.63, 3.8) is 0 Å². The van der Waals surface area contributed by atoms with Crippen molar-refractivity contribution in [3.8, 4) is 0 Å². The molecule has 7 nitrogen and oxygen atoms in total. The van der Waals surface area contributed by atoms with E-state index >= 15 is 0 Å². The summed E-state index contributed by atoms with van der Waals surface area (Å²) in [4.78, 5) is 47.6. The van der Waals surface area contributed by atoms with Crippen LogP contribution in [-0.4, -0.2) is 81.5 Å². The first kappa shape index (κ1) is 27.5. The van der Waals surface area contributed by atoms with Crippen molar-refractivity contribution in [2.75, 3.05) is 38.2 Å². The molecule has 39 heavy (non-hydrogen) atoms. The third-order valence-electron chi connectivity index (χ3n) is 8.74. The molecule has 5 rings (SSSR count). The molecular weight excluding hydrogens is 510 g/mol. The average Bonchev–Trinajstić information content (AvgIpc) is 3.50. The van der Waals surface area contributed by atoms with Crippen molar-refractivity contribution in [1.29, 1.82) is 0 Å². The van der Waals surface area contributed by atoms with E-state index in [-0.39, 0.29) is 30.9 Å². The zero-order valence-electron chi connectivity index (χ0n) is 22.7. The van der Waals surface area contributed by atoms with E-state index in [0.717, 1.165) is 22.9 Å². The molecule has 3 amide bonds. The van der Waals surface area contributed by atoms with Gasteiger partial charge in [0, 0.05) is 43.7 Å². The van der Waals surface area contributed by atoms with Crippen LogP contribution in [0.5, 0.6) is 0 Å². The lowest BCUT2D eigenvalue weighted by Crippen LogP contribution is -2.55. The Hall–Kier alpha value is -3.10. The van der Waals surface area contributed by atoms with Crippen molar-refractivity contribution in [3.05, 3.63) is 67.8 Å². The van der Waals surface area contributed by atoms with E-state index in [9.17, 15) is 19.5 Å². The Morgan fingerprint density at radius 3 is 2.51 bits per heavy atom. The number of carbonyl (C=O) groups is 3. The van der Waals surface area contributed by atoms with Gasteiger partial charge in [0.25, 0.3) is 5.91 Å². The number of likely N-dealkylation sites (N-methyl/N-ethyl adjacent to an activating group) is 1. The highest BCUT2D eigenvalue weighted by molar-refractivity contribution is 8.02. The highest BCUT2D eigenvalue weighted by atomic mass is 32.2. The van der Waals surface area contributed by atoms with Gasteiger partial charge in [0.2, 0.25) is 11.8 Å². The molecule has 8 heteroatoms. The predicted octanol–water partition coefficient (Wildman–Crippen LogP) is 3.87. The molecule has 5 atom stereocenters. The topological polar surface area (TPSA) is 81.2 Å². The quantitative estimate of drug-likeness (QED) is 0.457. The first-order chi connectivity index (χ1) is 18.7. The molecule has 3 aliphatic heterocycles. The molecule has 0 saturated carbocycles. The molecule has 3 saturated heterocycles. The van der Waals surface area contributed by atoms with Crippen LogP contribution >= 0.6 is 11.8 Å². The molecular formula is C31H37N3O4S. The summed E-state index contributed by atoms with van der Waals surface area (Å²) in [5, 5.41) is 11.7. The molecule has 3 aliphatic rings. The van der Waals surface area contributed by atoms with Crippen molar-refractivity contribution >= 4 is 45.9 Å². The van der Waals surface area contributed by atoms with Crippen LogP contribution in [-0.2, 0) is 14.4 Å². The SMILES string of the molecule is C=CCN(C)C(=O)[C@@H]1[C@H]2C(=O)N(CCCO)C(C(=O)N(CC=C)c3ccc4ccccc4c3)C23CC[C@@]1(C)S3. The number of aliphatic hydroxyl groups excluding tert-OH is 1. The van der Waals surface area contributed by atoms with Crippen LogP contribution in [0, 0.1) is 11.8 Å². The van der Waals surface area contributed by atoms with Gasteiger partial charge >= 0.3 is 0 Å². The van der Waals surface area contributed by atoms with E-state index in [1.165, 1.54) is 0 Å². The highest BCUT2D eigenvalue weighted by Crippen LogP contribution is 2.71. The Balaban J connectivity index is 1.58. The lowest BCUT2D eigenvalue weighted by molar-refractivity contribution is -0.144. The Kier molecular flexibility index (Phi) is 7.37. The van der Waals surface area contributed by atoms with E-state index in [4.69, 9.17) is 0 Å². The number of likely N-dealkylation sites (tertiary alicyclic amines) is 1. The fourth-order valence-corrected chi connectivity index (χ4v) is 9.37. The van der Waals surface area contributed by atoms with Crippen molar-refractivity contribution < 1.29 is 19.5 Å². The lowest BCUT2D eigenvalue weighted by atomic mass is 9.66. The molecule has 206 valence electrons. The monoisotopic (exact) mass is 547 g/mol. The third kappa shape index (κ3) is 4.28. The number of hydrogen-bond acceptors (Lipinski definition) is 5. The number of anilines is 1. The molecule has 3 heterocycles. The molecule has 0 aliphatic carbocycles. The first-order valence-electron chi connectivity index (χ1n) is 13.6. The number of hydrogen-bond donors (Lipinski definition) is 1.